The molecule has 0 amide bonds. The van der Waals surface area contributed by atoms with Crippen molar-refractivity contribution in [3.8, 4) is 0 Å². The summed E-state index contributed by atoms with van der Waals surface area (Å²) >= 11 is 0. The van der Waals surface area contributed by atoms with Crippen LogP contribution in [0.25, 0.3) is 0 Å². The summed E-state index contributed by atoms with van der Waals surface area (Å²) in [6.07, 6.45) is 0.238. The third-order valence-electron chi connectivity index (χ3n) is 0.790. The van der Waals surface area contributed by atoms with Gasteiger partial charge in [0.25, 0.3) is 0 Å². The average Bonchev–Trinajstić information content (AvgIpc) is 1.87. The topological polar surface area (TPSA) is 69.4 Å². The summed E-state index contributed by atoms with van der Waals surface area (Å²) < 4.78 is 14.7. The minimum Gasteiger partial charge on any atom is -0.433 e. The van der Waals surface area contributed by atoms with Crippen LogP contribution in [0.2, 0.25) is 0 Å². The lowest BCUT2D eigenvalue weighted by molar-refractivity contribution is -0.150. The Morgan fingerprint density at radius 3 is 2.60 bits per heavy atom. The zero-order valence-electron chi connectivity index (χ0n) is 5.96. The second-order valence-corrected chi connectivity index (χ2v) is 3.04. The van der Waals surface area contributed by atoms with Crippen molar-refractivity contribution in [1.29, 1.82) is 0 Å². The SMILES string of the molecule is CCC(=O)OC(C)(N)P=O. The third-order valence-corrected chi connectivity index (χ3v) is 1.24. The van der Waals surface area contributed by atoms with Crippen LogP contribution in [0.15, 0.2) is 0 Å². The van der Waals surface area contributed by atoms with E-state index in [2.05, 4.69) is 4.74 Å². The second-order valence-electron chi connectivity index (χ2n) is 1.97. The standard InChI is InChI=1S/C5H10NO3P/c1-3-4(7)9-5(2,6)10-8/h3,6H2,1-2H3. The molecule has 1 unspecified atom stereocenters. The minimum absolute atomic E-state index is 0.238. The van der Waals surface area contributed by atoms with Crippen molar-refractivity contribution in [2.24, 2.45) is 5.73 Å². The number of hydrogen-bond acceptors (Lipinski definition) is 4. The molecule has 2 N–H and O–H groups in total. The van der Waals surface area contributed by atoms with Crippen molar-refractivity contribution in [2.75, 3.05) is 0 Å². The first-order valence-corrected chi connectivity index (χ1v) is 3.68. The van der Waals surface area contributed by atoms with E-state index in [-0.39, 0.29) is 14.9 Å². The molecule has 0 saturated heterocycles. The van der Waals surface area contributed by atoms with E-state index in [0.717, 1.165) is 0 Å². The van der Waals surface area contributed by atoms with E-state index in [4.69, 9.17) is 5.73 Å². The lowest BCUT2D eigenvalue weighted by Crippen LogP contribution is -2.34. The van der Waals surface area contributed by atoms with Gasteiger partial charge in [0.1, 0.15) is 0 Å². The number of ether oxygens (including phenoxy) is 1. The van der Waals surface area contributed by atoms with Gasteiger partial charge in [-0.25, -0.2) is 0 Å². The Kier molecular flexibility index (Phi) is 3.47. The van der Waals surface area contributed by atoms with Crippen LogP contribution < -0.4 is 5.73 Å². The molecular weight excluding hydrogens is 153 g/mol. The summed E-state index contributed by atoms with van der Waals surface area (Å²) in [7, 11) is -0.390. The maximum Gasteiger partial charge on any atom is 0.307 e. The number of esters is 1. The van der Waals surface area contributed by atoms with E-state index >= 15 is 0 Å². The van der Waals surface area contributed by atoms with Crippen molar-refractivity contribution in [1.82, 2.24) is 0 Å². The van der Waals surface area contributed by atoms with Crippen molar-refractivity contribution < 1.29 is 14.1 Å². The van der Waals surface area contributed by atoms with Crippen LogP contribution in [0.5, 0.6) is 0 Å². The van der Waals surface area contributed by atoms with Gasteiger partial charge in [0.2, 0.25) is 13.9 Å². The molecule has 0 aromatic heterocycles. The zero-order valence-corrected chi connectivity index (χ0v) is 6.85. The fraction of sp³-hybridized carbons (Fsp3) is 0.800. The van der Waals surface area contributed by atoms with E-state index < -0.39 is 11.4 Å². The van der Waals surface area contributed by atoms with Crippen LogP contribution in [-0.4, -0.2) is 11.4 Å². The predicted octanol–water partition coefficient (Wildman–Crippen LogP) is 0.864. The number of hydrogen-bond donors (Lipinski definition) is 1. The normalized spacial score (nSPS) is 16.3. The largest absolute Gasteiger partial charge is 0.433 e. The van der Waals surface area contributed by atoms with Crippen molar-refractivity contribution in [3.63, 3.8) is 0 Å². The molecule has 0 aliphatic carbocycles. The van der Waals surface area contributed by atoms with Gasteiger partial charge in [0.05, 0.1) is 0 Å². The molecule has 10 heavy (non-hydrogen) atoms. The highest BCUT2D eigenvalue weighted by atomic mass is 31.1. The summed E-state index contributed by atoms with van der Waals surface area (Å²) in [4.78, 5) is 10.5. The Balaban J connectivity index is 3.88. The van der Waals surface area contributed by atoms with Crippen LogP contribution in [0, 0.1) is 0 Å². The molecule has 0 rings (SSSR count). The third kappa shape index (κ3) is 3.54. The molecule has 5 heteroatoms. The first-order chi connectivity index (χ1) is 4.52. The van der Waals surface area contributed by atoms with Gasteiger partial charge < -0.3 is 4.74 Å². The summed E-state index contributed by atoms with van der Waals surface area (Å²) in [6, 6.07) is 0. The predicted molar refractivity (Wildman–Crippen MR) is 36.6 cm³/mol. The number of nitrogens with two attached hydrogens (primary N) is 1. The average molecular weight is 163 g/mol. The highest BCUT2D eigenvalue weighted by Gasteiger charge is 2.22. The molecule has 0 saturated carbocycles. The molecule has 0 spiro atoms. The molecule has 58 valence electrons. The number of rotatable bonds is 3. The van der Waals surface area contributed by atoms with Crippen LogP contribution in [0.1, 0.15) is 20.3 Å². The zero-order chi connectivity index (χ0) is 8.20. The smallest absolute Gasteiger partial charge is 0.307 e. The molecule has 0 heterocycles. The van der Waals surface area contributed by atoms with Crippen molar-refractivity contribution in [3.05, 3.63) is 0 Å². The highest BCUT2D eigenvalue weighted by molar-refractivity contribution is 7.25. The Labute approximate surface area is 60.9 Å². The molecule has 0 aliphatic rings. The van der Waals surface area contributed by atoms with Gasteiger partial charge in [0.15, 0.2) is 0 Å². The first-order valence-electron chi connectivity index (χ1n) is 2.87. The lowest BCUT2D eigenvalue weighted by atomic mass is 10.5. The summed E-state index contributed by atoms with van der Waals surface area (Å²) in [5.74, 6) is -0.451. The van der Waals surface area contributed by atoms with Crippen molar-refractivity contribution >= 4 is 14.4 Å². The molecule has 0 aromatic carbocycles. The Morgan fingerprint density at radius 1 is 1.80 bits per heavy atom. The Hall–Kier alpha value is -0.470. The maximum atomic E-state index is 10.5. The molecule has 0 aliphatic heterocycles. The lowest BCUT2D eigenvalue weighted by Gasteiger charge is -2.15. The van der Waals surface area contributed by atoms with E-state index in [1.54, 1.807) is 6.92 Å². The van der Waals surface area contributed by atoms with Gasteiger partial charge in [0, 0.05) is 13.3 Å². The number of carbonyl (C=O) groups is 1. The molecule has 0 radical (unpaired) electrons. The van der Waals surface area contributed by atoms with Crippen LogP contribution in [0.4, 0.5) is 0 Å². The van der Waals surface area contributed by atoms with E-state index in [0.29, 0.717) is 0 Å². The molecule has 4 nitrogen and oxygen atoms in total. The van der Waals surface area contributed by atoms with Gasteiger partial charge in [-0.2, -0.15) is 0 Å². The second kappa shape index (κ2) is 3.64. The van der Waals surface area contributed by atoms with Crippen LogP contribution >= 0.6 is 8.46 Å². The fourth-order valence-electron chi connectivity index (χ4n) is 0.321. The van der Waals surface area contributed by atoms with Gasteiger partial charge in [-0.3, -0.25) is 15.1 Å². The quantitative estimate of drug-likeness (QED) is 0.380. The van der Waals surface area contributed by atoms with Gasteiger partial charge in [-0.15, -0.1) is 0 Å². The monoisotopic (exact) mass is 163 g/mol. The summed E-state index contributed by atoms with van der Waals surface area (Å²) in [5.41, 5.74) is 3.86. The molecule has 0 aromatic rings. The maximum absolute atomic E-state index is 10.5. The van der Waals surface area contributed by atoms with Gasteiger partial charge >= 0.3 is 5.97 Å². The molecule has 0 fully saturated rings. The van der Waals surface area contributed by atoms with E-state index in [1.807, 2.05) is 0 Å². The first kappa shape index (κ1) is 9.53. The van der Waals surface area contributed by atoms with Crippen molar-refractivity contribution in [2.45, 2.75) is 25.7 Å². The minimum atomic E-state index is -1.37. The number of carbonyl (C=O) groups excluding carboxylic acids is 1. The summed E-state index contributed by atoms with van der Waals surface area (Å²) in [6.45, 7) is 3.01. The molecular formula is C5H10NO3P. The van der Waals surface area contributed by atoms with Gasteiger partial charge in [-0.1, -0.05) is 6.92 Å². The summed E-state index contributed by atoms with van der Waals surface area (Å²) in [5, 5.41) is 0. The van der Waals surface area contributed by atoms with E-state index in [1.165, 1.54) is 6.92 Å². The van der Waals surface area contributed by atoms with Crippen LogP contribution in [-0.2, 0) is 14.1 Å². The van der Waals surface area contributed by atoms with Crippen LogP contribution in [0.3, 0.4) is 0 Å². The Bertz CT molecular complexity index is 146. The molecule has 1 atom stereocenters. The fourth-order valence-corrected chi connectivity index (χ4v) is 0.460. The Morgan fingerprint density at radius 2 is 2.30 bits per heavy atom. The highest BCUT2D eigenvalue weighted by Crippen LogP contribution is 2.16. The molecule has 0 bridgehead atoms. The van der Waals surface area contributed by atoms with E-state index in [9.17, 15) is 9.36 Å². The van der Waals surface area contributed by atoms with Gasteiger partial charge in [-0.05, 0) is 0 Å².